The Morgan fingerprint density at radius 3 is 2.23 bits per heavy atom. The van der Waals surface area contributed by atoms with Gasteiger partial charge in [-0.05, 0) is 32.9 Å². The van der Waals surface area contributed by atoms with Crippen LogP contribution in [0, 0.1) is 0 Å². The largest absolute Gasteiger partial charge is 0.444 e. The van der Waals surface area contributed by atoms with E-state index in [2.05, 4.69) is 10.6 Å². The highest BCUT2D eigenvalue weighted by molar-refractivity contribution is 7.99. The van der Waals surface area contributed by atoms with Crippen molar-refractivity contribution in [3.8, 4) is 0 Å². The van der Waals surface area contributed by atoms with Crippen molar-refractivity contribution in [3.63, 3.8) is 0 Å². The molecular weight excluding hydrogens is 300 g/mol. The zero-order valence-corrected chi connectivity index (χ0v) is 14.2. The van der Waals surface area contributed by atoms with Crippen molar-refractivity contribution < 1.29 is 14.3 Å². The predicted octanol–water partition coefficient (Wildman–Crippen LogP) is 2.67. The predicted molar refractivity (Wildman–Crippen MR) is 90.3 cm³/mol. The monoisotopic (exact) mass is 324 g/mol. The zero-order chi connectivity index (χ0) is 16.4. The number of rotatable bonds is 7. The molecule has 2 N–H and O–H groups in total. The Morgan fingerprint density at radius 2 is 1.64 bits per heavy atom. The Hall–Kier alpha value is -1.69. The lowest BCUT2D eigenvalue weighted by molar-refractivity contribution is 0.0531. The molecule has 0 bridgehead atoms. The first-order valence-corrected chi connectivity index (χ1v) is 8.42. The Bertz CT molecular complexity index is 472. The Kier molecular flexibility index (Phi) is 7.80. The van der Waals surface area contributed by atoms with E-state index in [4.69, 9.17) is 4.74 Å². The highest BCUT2D eigenvalue weighted by Gasteiger charge is 2.15. The smallest absolute Gasteiger partial charge is 0.407 e. The summed E-state index contributed by atoms with van der Waals surface area (Å²) in [6.45, 7) is 6.64. The summed E-state index contributed by atoms with van der Waals surface area (Å²) in [5.41, 5.74) is 0.193. The normalized spacial score (nSPS) is 10.9. The third-order valence-corrected chi connectivity index (χ3v) is 3.47. The van der Waals surface area contributed by atoms with Gasteiger partial charge in [0.05, 0.1) is 0 Å². The summed E-state index contributed by atoms with van der Waals surface area (Å²) in [6, 6.07) is 9.13. The second kappa shape index (κ2) is 9.35. The van der Waals surface area contributed by atoms with Gasteiger partial charge in [0, 0.05) is 30.2 Å². The number of benzene rings is 1. The van der Waals surface area contributed by atoms with E-state index in [1.54, 1.807) is 23.9 Å². The van der Waals surface area contributed by atoms with Crippen molar-refractivity contribution in [2.45, 2.75) is 26.4 Å². The quantitative estimate of drug-likeness (QED) is 0.757. The lowest BCUT2D eigenvalue weighted by atomic mass is 10.2. The highest BCUT2D eigenvalue weighted by atomic mass is 32.2. The minimum atomic E-state index is -0.473. The number of alkyl carbamates (subject to hydrolysis) is 1. The molecule has 6 heteroatoms. The molecule has 1 aromatic rings. The van der Waals surface area contributed by atoms with Crippen molar-refractivity contribution >= 4 is 23.8 Å². The van der Waals surface area contributed by atoms with E-state index >= 15 is 0 Å². The summed E-state index contributed by atoms with van der Waals surface area (Å²) >= 11 is 1.67. The number of amides is 2. The third-order valence-electron chi connectivity index (χ3n) is 2.48. The van der Waals surface area contributed by atoms with Gasteiger partial charge in [0.1, 0.15) is 5.60 Å². The van der Waals surface area contributed by atoms with Gasteiger partial charge in [-0.15, -0.1) is 0 Å². The molecule has 0 saturated carbocycles. The molecule has 0 unspecified atom stereocenters. The average molecular weight is 324 g/mol. The second-order valence-corrected chi connectivity index (χ2v) is 6.89. The summed E-state index contributed by atoms with van der Waals surface area (Å²) < 4.78 is 5.13. The van der Waals surface area contributed by atoms with Gasteiger partial charge in [-0.1, -0.05) is 18.2 Å². The Morgan fingerprint density at radius 1 is 1.05 bits per heavy atom. The summed E-state index contributed by atoms with van der Waals surface area (Å²) in [7, 11) is 0. The SMILES string of the molecule is CC(C)(C)OC(=O)NCCSCCNC(=O)c1ccccc1. The van der Waals surface area contributed by atoms with Gasteiger partial charge in [0.25, 0.3) is 5.91 Å². The van der Waals surface area contributed by atoms with Gasteiger partial charge < -0.3 is 15.4 Å². The number of carbonyl (C=O) groups is 2. The fourth-order valence-corrected chi connectivity index (χ4v) is 2.27. The van der Waals surface area contributed by atoms with Gasteiger partial charge >= 0.3 is 6.09 Å². The number of ether oxygens (including phenoxy) is 1. The van der Waals surface area contributed by atoms with Crippen molar-refractivity contribution in [2.75, 3.05) is 24.6 Å². The molecule has 0 aliphatic heterocycles. The second-order valence-electron chi connectivity index (χ2n) is 5.66. The molecule has 0 atom stereocenters. The topological polar surface area (TPSA) is 67.4 Å². The van der Waals surface area contributed by atoms with E-state index in [-0.39, 0.29) is 5.91 Å². The van der Waals surface area contributed by atoms with E-state index in [1.807, 2.05) is 39.0 Å². The van der Waals surface area contributed by atoms with Crippen molar-refractivity contribution in [3.05, 3.63) is 35.9 Å². The van der Waals surface area contributed by atoms with Gasteiger partial charge in [0.15, 0.2) is 0 Å². The van der Waals surface area contributed by atoms with Gasteiger partial charge in [0.2, 0.25) is 0 Å². The molecule has 1 rings (SSSR count). The van der Waals surface area contributed by atoms with Crippen LogP contribution in [0.5, 0.6) is 0 Å². The van der Waals surface area contributed by atoms with Crippen LogP contribution in [-0.4, -0.2) is 42.2 Å². The Balaban J connectivity index is 2.02. The summed E-state index contributed by atoms with van der Waals surface area (Å²) in [5, 5.41) is 5.55. The molecule has 122 valence electrons. The maximum atomic E-state index is 11.8. The van der Waals surface area contributed by atoms with Crippen LogP contribution >= 0.6 is 11.8 Å². The van der Waals surface area contributed by atoms with Crippen LogP contribution in [0.4, 0.5) is 4.79 Å². The Labute approximate surface area is 136 Å². The van der Waals surface area contributed by atoms with Crippen molar-refractivity contribution in [1.29, 1.82) is 0 Å². The minimum absolute atomic E-state index is 0.0620. The molecule has 0 spiro atoms. The van der Waals surface area contributed by atoms with Gasteiger partial charge in [-0.2, -0.15) is 11.8 Å². The first-order valence-electron chi connectivity index (χ1n) is 7.26. The molecule has 22 heavy (non-hydrogen) atoms. The average Bonchev–Trinajstić information content (AvgIpc) is 2.45. The maximum Gasteiger partial charge on any atom is 0.407 e. The summed E-state index contributed by atoms with van der Waals surface area (Å²) in [5.74, 6) is 1.52. The van der Waals surface area contributed by atoms with E-state index < -0.39 is 11.7 Å². The van der Waals surface area contributed by atoms with E-state index in [0.717, 1.165) is 11.5 Å². The fourth-order valence-electron chi connectivity index (χ4n) is 1.57. The van der Waals surface area contributed by atoms with E-state index in [0.29, 0.717) is 18.7 Å². The minimum Gasteiger partial charge on any atom is -0.444 e. The molecule has 0 heterocycles. The third kappa shape index (κ3) is 8.56. The zero-order valence-electron chi connectivity index (χ0n) is 13.3. The number of carbonyl (C=O) groups excluding carboxylic acids is 2. The number of hydrogen-bond acceptors (Lipinski definition) is 4. The first kappa shape index (κ1) is 18.4. The lowest BCUT2D eigenvalue weighted by Crippen LogP contribution is -2.33. The van der Waals surface area contributed by atoms with Crippen molar-refractivity contribution in [2.24, 2.45) is 0 Å². The van der Waals surface area contributed by atoms with Crippen LogP contribution in [0.15, 0.2) is 30.3 Å². The van der Waals surface area contributed by atoms with Gasteiger partial charge in [-0.25, -0.2) is 4.79 Å². The van der Waals surface area contributed by atoms with Crippen LogP contribution in [0.3, 0.4) is 0 Å². The molecule has 1 aromatic carbocycles. The number of thioether (sulfide) groups is 1. The van der Waals surface area contributed by atoms with Crippen LogP contribution in [0.2, 0.25) is 0 Å². The maximum absolute atomic E-state index is 11.8. The van der Waals surface area contributed by atoms with Gasteiger partial charge in [-0.3, -0.25) is 4.79 Å². The molecule has 0 saturated heterocycles. The number of hydrogen-bond donors (Lipinski definition) is 2. The van der Waals surface area contributed by atoms with E-state index in [1.165, 1.54) is 0 Å². The standard InChI is InChI=1S/C16H24N2O3S/c1-16(2,3)21-15(20)18-10-12-22-11-9-17-14(19)13-7-5-4-6-8-13/h4-8H,9-12H2,1-3H3,(H,17,19)(H,18,20). The van der Waals surface area contributed by atoms with E-state index in [9.17, 15) is 9.59 Å². The first-order chi connectivity index (χ1) is 10.4. The van der Waals surface area contributed by atoms with Crippen LogP contribution in [0.1, 0.15) is 31.1 Å². The molecular formula is C16H24N2O3S. The fraction of sp³-hybridized carbons (Fsp3) is 0.500. The molecule has 0 fully saturated rings. The molecule has 2 amide bonds. The summed E-state index contributed by atoms with van der Waals surface area (Å²) in [6.07, 6.45) is -0.398. The molecule has 0 aliphatic carbocycles. The highest BCUT2D eigenvalue weighted by Crippen LogP contribution is 2.06. The molecule has 0 radical (unpaired) electrons. The van der Waals surface area contributed by atoms with Crippen molar-refractivity contribution in [1.82, 2.24) is 10.6 Å². The lowest BCUT2D eigenvalue weighted by Gasteiger charge is -2.19. The summed E-state index contributed by atoms with van der Waals surface area (Å²) in [4.78, 5) is 23.2. The molecule has 0 aromatic heterocycles. The van der Waals surface area contributed by atoms with Crippen LogP contribution in [0.25, 0.3) is 0 Å². The molecule has 5 nitrogen and oxygen atoms in total. The van der Waals surface area contributed by atoms with Crippen LogP contribution in [-0.2, 0) is 4.74 Å². The van der Waals surface area contributed by atoms with Crippen LogP contribution < -0.4 is 10.6 Å². The number of nitrogens with one attached hydrogen (secondary N) is 2. The molecule has 0 aliphatic rings.